The van der Waals surface area contributed by atoms with Gasteiger partial charge in [-0.1, -0.05) is 48.5 Å². The van der Waals surface area contributed by atoms with Gasteiger partial charge in [0.15, 0.2) is 5.78 Å². The van der Waals surface area contributed by atoms with E-state index in [1.54, 1.807) is 25.2 Å². The van der Waals surface area contributed by atoms with Crippen molar-refractivity contribution < 1.29 is 14.3 Å². The van der Waals surface area contributed by atoms with Crippen LogP contribution in [0.2, 0.25) is 0 Å². The molecule has 6 heteroatoms. The smallest absolute Gasteiger partial charge is 0.195 e. The minimum absolute atomic E-state index is 0.0988. The van der Waals surface area contributed by atoms with Crippen LogP contribution in [0.1, 0.15) is 17.2 Å². The fraction of sp³-hybridized carbons (Fsp3) is 0.154. The third kappa shape index (κ3) is 3.21. The molecule has 1 atom stereocenters. The highest BCUT2D eigenvalue weighted by atomic mass is 16.5. The van der Waals surface area contributed by atoms with Crippen LogP contribution in [0.15, 0.2) is 84.1 Å². The van der Waals surface area contributed by atoms with Crippen molar-refractivity contribution in [3.63, 3.8) is 0 Å². The zero-order chi connectivity index (χ0) is 22.2. The van der Waals surface area contributed by atoms with Crippen LogP contribution in [0.5, 0.6) is 11.5 Å². The molecule has 0 unspecified atom stereocenters. The van der Waals surface area contributed by atoms with Gasteiger partial charge in [0.1, 0.15) is 23.4 Å². The summed E-state index contributed by atoms with van der Waals surface area (Å²) in [5.41, 5.74) is 4.77. The van der Waals surface area contributed by atoms with Crippen LogP contribution in [0.4, 0.5) is 11.4 Å². The fourth-order valence-corrected chi connectivity index (χ4v) is 4.40. The number of carbonyl (C=O) groups excluding carboxylic acids is 1. The average molecular weight is 425 g/mol. The van der Waals surface area contributed by atoms with Gasteiger partial charge in [-0.05, 0) is 17.2 Å². The molecule has 1 saturated heterocycles. The highest BCUT2D eigenvalue weighted by Gasteiger charge is 2.45. The van der Waals surface area contributed by atoms with Gasteiger partial charge in [-0.3, -0.25) is 10.2 Å². The van der Waals surface area contributed by atoms with Crippen molar-refractivity contribution in [3.05, 3.63) is 95.2 Å². The molecule has 2 heterocycles. The molecule has 32 heavy (non-hydrogen) atoms. The Labute approximate surface area is 186 Å². The van der Waals surface area contributed by atoms with Gasteiger partial charge in [-0.2, -0.15) is 0 Å². The molecule has 0 aromatic heterocycles. The highest BCUT2D eigenvalue weighted by molar-refractivity contribution is 6.35. The summed E-state index contributed by atoms with van der Waals surface area (Å²) in [6, 6.07) is 22.3. The average Bonchev–Trinajstić information content (AvgIpc) is 3.36. The lowest BCUT2D eigenvalue weighted by molar-refractivity contribution is -0.115. The normalized spacial score (nSPS) is 19.7. The second-order valence-electron chi connectivity index (χ2n) is 7.78. The molecule has 5 rings (SSSR count). The minimum Gasteiger partial charge on any atom is -0.497 e. The second-order valence-corrected chi connectivity index (χ2v) is 7.78. The van der Waals surface area contributed by atoms with Gasteiger partial charge in [-0.25, -0.2) is 0 Å². The van der Waals surface area contributed by atoms with Crippen LogP contribution >= 0.6 is 0 Å². The standard InChI is InChI=1S/C26H23N3O3/c1-31-19-13-18(14-20(15-19)32-2)29-24(16-8-4-3-5-9-16)25(30)23(26(29)27)22-12-17-10-6-7-11-21(17)28-22/h3-11,13-15,24,27-28H,12H2,1-2H3/t24-/m0/s1. The Morgan fingerprint density at radius 3 is 2.25 bits per heavy atom. The van der Waals surface area contributed by atoms with Gasteiger partial charge in [0, 0.05) is 36.0 Å². The molecule has 0 amide bonds. The molecule has 0 bridgehead atoms. The third-order valence-corrected chi connectivity index (χ3v) is 5.93. The first-order chi connectivity index (χ1) is 15.6. The number of rotatable bonds is 4. The number of fused-ring (bicyclic) bond motifs is 1. The van der Waals surface area contributed by atoms with Crippen molar-refractivity contribution in [2.45, 2.75) is 12.5 Å². The van der Waals surface area contributed by atoms with E-state index in [4.69, 9.17) is 14.9 Å². The first-order valence-corrected chi connectivity index (χ1v) is 10.4. The Hall–Kier alpha value is -4.06. The van der Waals surface area contributed by atoms with Gasteiger partial charge in [-0.15, -0.1) is 0 Å². The van der Waals surface area contributed by atoms with Crippen LogP contribution in [-0.4, -0.2) is 25.8 Å². The van der Waals surface area contributed by atoms with Gasteiger partial charge in [0.25, 0.3) is 0 Å². The van der Waals surface area contributed by atoms with Crippen LogP contribution in [0, 0.1) is 5.41 Å². The molecule has 1 fully saturated rings. The van der Waals surface area contributed by atoms with Crippen molar-refractivity contribution in [2.75, 3.05) is 24.4 Å². The number of methoxy groups -OCH3 is 2. The van der Waals surface area contributed by atoms with E-state index in [2.05, 4.69) is 5.32 Å². The number of hydrogen-bond donors (Lipinski definition) is 2. The van der Waals surface area contributed by atoms with E-state index in [1.807, 2.05) is 66.7 Å². The molecule has 160 valence electrons. The first kappa shape index (κ1) is 19.9. The summed E-state index contributed by atoms with van der Waals surface area (Å²) in [4.78, 5) is 15.6. The minimum atomic E-state index is -0.645. The fourth-order valence-electron chi connectivity index (χ4n) is 4.40. The monoisotopic (exact) mass is 425 g/mol. The van der Waals surface area contributed by atoms with E-state index in [0.29, 0.717) is 29.2 Å². The zero-order valence-electron chi connectivity index (χ0n) is 17.9. The summed E-state index contributed by atoms with van der Waals surface area (Å²) in [6.07, 6.45) is 0.594. The molecule has 0 radical (unpaired) electrons. The van der Waals surface area contributed by atoms with Gasteiger partial charge >= 0.3 is 0 Å². The van der Waals surface area contributed by atoms with Crippen LogP contribution in [0.3, 0.4) is 0 Å². The van der Waals surface area contributed by atoms with E-state index in [-0.39, 0.29) is 11.6 Å². The molecule has 0 aliphatic carbocycles. The molecule has 3 aromatic carbocycles. The molecular formula is C26H23N3O3. The van der Waals surface area contributed by atoms with Crippen LogP contribution in [0.25, 0.3) is 0 Å². The number of allylic oxidation sites excluding steroid dienone is 1. The molecular weight excluding hydrogens is 402 g/mol. The lowest BCUT2D eigenvalue weighted by Gasteiger charge is -2.26. The molecule has 0 spiro atoms. The predicted octanol–water partition coefficient (Wildman–Crippen LogP) is 4.73. The maximum atomic E-state index is 13.8. The van der Waals surface area contributed by atoms with Crippen LogP contribution < -0.4 is 19.7 Å². The Morgan fingerprint density at radius 1 is 0.938 bits per heavy atom. The zero-order valence-corrected chi connectivity index (χ0v) is 17.9. The van der Waals surface area contributed by atoms with Crippen molar-refractivity contribution in [2.24, 2.45) is 0 Å². The van der Waals surface area contributed by atoms with E-state index in [0.717, 1.165) is 22.5 Å². The summed E-state index contributed by atoms with van der Waals surface area (Å²) in [7, 11) is 3.17. The SMILES string of the molecule is COc1cc(OC)cc(N2C(=N)C(=C3Cc4ccccc4N3)C(=O)[C@@H]2c2ccccc2)c1. The number of nitrogens with zero attached hydrogens (tertiary/aromatic N) is 1. The van der Waals surface area contributed by atoms with Gasteiger partial charge in [0.05, 0.1) is 25.5 Å². The number of nitrogens with one attached hydrogen (secondary N) is 2. The Bertz CT molecular complexity index is 1200. The van der Waals surface area contributed by atoms with E-state index in [1.165, 1.54) is 0 Å². The summed E-state index contributed by atoms with van der Waals surface area (Å²) in [5.74, 6) is 1.26. The number of Topliss-reactive ketones (excluding diaryl/α,β-unsaturated/α-hetero) is 1. The van der Waals surface area contributed by atoms with Crippen molar-refractivity contribution >= 4 is 23.0 Å². The second kappa shape index (κ2) is 7.89. The lowest BCUT2D eigenvalue weighted by Crippen LogP contribution is -2.28. The predicted molar refractivity (Wildman–Crippen MR) is 125 cm³/mol. The van der Waals surface area contributed by atoms with Gasteiger partial charge < -0.3 is 19.7 Å². The quantitative estimate of drug-likeness (QED) is 0.591. The van der Waals surface area contributed by atoms with Crippen molar-refractivity contribution in [1.29, 1.82) is 5.41 Å². The van der Waals surface area contributed by atoms with Crippen LogP contribution in [-0.2, 0) is 11.2 Å². The Balaban J connectivity index is 1.66. The molecule has 0 saturated carbocycles. The number of amidine groups is 1. The summed E-state index contributed by atoms with van der Waals surface area (Å²) in [5, 5.41) is 12.4. The maximum Gasteiger partial charge on any atom is 0.195 e. The Kier molecular flexibility index (Phi) is 4.90. The molecule has 2 aliphatic heterocycles. The molecule has 2 aliphatic rings. The maximum absolute atomic E-state index is 13.8. The molecule has 6 nitrogen and oxygen atoms in total. The highest BCUT2D eigenvalue weighted by Crippen LogP contribution is 2.42. The van der Waals surface area contributed by atoms with E-state index >= 15 is 0 Å². The number of hydrogen-bond acceptors (Lipinski definition) is 5. The topological polar surface area (TPSA) is 74.7 Å². The third-order valence-electron chi connectivity index (χ3n) is 5.93. The largest absolute Gasteiger partial charge is 0.497 e. The lowest BCUT2D eigenvalue weighted by atomic mass is 9.99. The van der Waals surface area contributed by atoms with E-state index in [9.17, 15) is 4.79 Å². The summed E-state index contributed by atoms with van der Waals surface area (Å²) >= 11 is 0. The number of ether oxygens (including phenoxy) is 2. The van der Waals surface area contributed by atoms with Crippen molar-refractivity contribution in [1.82, 2.24) is 0 Å². The number of benzene rings is 3. The summed E-state index contributed by atoms with van der Waals surface area (Å²) in [6.45, 7) is 0. The number of carbonyl (C=O) groups is 1. The molecule has 3 aromatic rings. The summed E-state index contributed by atoms with van der Waals surface area (Å²) < 4.78 is 10.9. The first-order valence-electron chi connectivity index (χ1n) is 10.4. The number of para-hydroxylation sites is 1. The molecule has 2 N–H and O–H groups in total. The number of anilines is 2. The Morgan fingerprint density at radius 2 is 1.59 bits per heavy atom. The van der Waals surface area contributed by atoms with Gasteiger partial charge in [0.2, 0.25) is 0 Å². The van der Waals surface area contributed by atoms with E-state index < -0.39 is 6.04 Å². The number of ketones is 1. The van der Waals surface area contributed by atoms with Crippen molar-refractivity contribution in [3.8, 4) is 11.5 Å².